The highest BCUT2D eigenvalue weighted by Gasteiger charge is 2.28. The van der Waals surface area contributed by atoms with Gasteiger partial charge in [-0.2, -0.15) is 0 Å². The minimum atomic E-state index is -1.52. The van der Waals surface area contributed by atoms with Crippen LogP contribution in [-0.2, 0) is 0 Å². The smallest absolute Gasteiger partial charge is 0.110 e. The summed E-state index contributed by atoms with van der Waals surface area (Å²) in [5.74, 6) is 0. The molecular weight excluding hydrogens is 183 g/mol. The second kappa shape index (κ2) is 5.80. The van der Waals surface area contributed by atoms with Gasteiger partial charge < -0.3 is 25.5 Å². The number of aliphatic hydroxyl groups is 5. The molecule has 5 N–H and O–H groups in total. The van der Waals surface area contributed by atoms with Crippen LogP contribution in [0.15, 0.2) is 0 Å². The molecular formula is C6H15O5P. The molecule has 0 amide bonds. The molecule has 0 aliphatic carbocycles. The molecule has 0 heterocycles. The fourth-order valence-electron chi connectivity index (χ4n) is 0.703. The van der Waals surface area contributed by atoms with Gasteiger partial charge in [0.05, 0.1) is 12.7 Å². The summed E-state index contributed by atoms with van der Waals surface area (Å²) < 4.78 is 0. The first kappa shape index (κ1) is 12.2. The van der Waals surface area contributed by atoms with E-state index in [-0.39, 0.29) is 6.16 Å². The van der Waals surface area contributed by atoms with Crippen molar-refractivity contribution in [2.24, 2.45) is 0 Å². The van der Waals surface area contributed by atoms with Crippen molar-refractivity contribution in [2.45, 2.75) is 24.4 Å². The Balaban J connectivity index is 3.99. The monoisotopic (exact) mass is 198 g/mol. The SMILES string of the molecule is OCC(O)C(O)C(O)C(O)CP. The molecule has 0 bridgehead atoms. The maximum Gasteiger partial charge on any atom is 0.110 e. The average Bonchev–Trinajstić information content (AvgIpc) is 2.12. The quantitative estimate of drug-likeness (QED) is 0.309. The summed E-state index contributed by atoms with van der Waals surface area (Å²) in [4.78, 5) is 0. The maximum absolute atomic E-state index is 9.10. The number of rotatable bonds is 5. The van der Waals surface area contributed by atoms with Crippen LogP contribution in [0.4, 0.5) is 0 Å². The Bertz CT molecular complexity index is 109. The third kappa shape index (κ3) is 3.31. The van der Waals surface area contributed by atoms with Crippen molar-refractivity contribution in [1.29, 1.82) is 0 Å². The van der Waals surface area contributed by atoms with E-state index in [4.69, 9.17) is 25.5 Å². The number of hydrogen-bond acceptors (Lipinski definition) is 5. The van der Waals surface area contributed by atoms with Gasteiger partial charge in [-0.1, -0.05) is 0 Å². The van der Waals surface area contributed by atoms with Crippen molar-refractivity contribution in [3.8, 4) is 0 Å². The number of aliphatic hydroxyl groups excluding tert-OH is 5. The molecule has 12 heavy (non-hydrogen) atoms. The van der Waals surface area contributed by atoms with E-state index in [0.29, 0.717) is 0 Å². The minimum absolute atomic E-state index is 0.191. The summed E-state index contributed by atoms with van der Waals surface area (Å²) in [6, 6.07) is 0. The normalized spacial score (nSPS) is 21.5. The summed E-state index contributed by atoms with van der Waals surface area (Å²) in [6.07, 6.45) is -5.32. The lowest BCUT2D eigenvalue weighted by Gasteiger charge is -2.24. The maximum atomic E-state index is 9.10. The van der Waals surface area contributed by atoms with Gasteiger partial charge in [-0.25, -0.2) is 0 Å². The van der Waals surface area contributed by atoms with Gasteiger partial charge in [0.25, 0.3) is 0 Å². The van der Waals surface area contributed by atoms with Crippen LogP contribution in [0.2, 0.25) is 0 Å². The van der Waals surface area contributed by atoms with Gasteiger partial charge in [0.1, 0.15) is 18.3 Å². The first-order valence-corrected chi connectivity index (χ1v) is 4.39. The third-order valence-corrected chi connectivity index (χ3v) is 2.05. The van der Waals surface area contributed by atoms with Crippen LogP contribution in [0, 0.1) is 0 Å². The molecule has 0 fully saturated rings. The molecule has 0 aliphatic heterocycles. The van der Waals surface area contributed by atoms with Crippen molar-refractivity contribution in [3.05, 3.63) is 0 Å². The van der Waals surface area contributed by atoms with Crippen LogP contribution in [-0.4, -0.2) is 62.7 Å². The van der Waals surface area contributed by atoms with E-state index in [1.807, 2.05) is 0 Å². The molecule has 74 valence electrons. The van der Waals surface area contributed by atoms with E-state index >= 15 is 0 Å². The molecule has 0 aromatic carbocycles. The van der Waals surface area contributed by atoms with Crippen LogP contribution in [0.5, 0.6) is 0 Å². The first-order chi connectivity index (χ1) is 5.54. The Morgan fingerprint density at radius 3 is 1.67 bits per heavy atom. The van der Waals surface area contributed by atoms with Gasteiger partial charge in [0.2, 0.25) is 0 Å². The highest BCUT2D eigenvalue weighted by molar-refractivity contribution is 7.16. The van der Waals surface area contributed by atoms with Crippen molar-refractivity contribution in [1.82, 2.24) is 0 Å². The molecule has 5 unspecified atom stereocenters. The van der Waals surface area contributed by atoms with Gasteiger partial charge >= 0.3 is 0 Å². The van der Waals surface area contributed by atoms with E-state index in [9.17, 15) is 0 Å². The molecule has 5 nitrogen and oxygen atoms in total. The van der Waals surface area contributed by atoms with Crippen molar-refractivity contribution in [3.63, 3.8) is 0 Å². The van der Waals surface area contributed by atoms with Crippen LogP contribution in [0.3, 0.4) is 0 Å². The molecule has 0 spiro atoms. The predicted octanol–water partition coefficient (Wildman–Crippen LogP) is -2.70. The topological polar surface area (TPSA) is 101 Å². The average molecular weight is 198 g/mol. The van der Waals surface area contributed by atoms with Crippen LogP contribution >= 0.6 is 9.24 Å². The van der Waals surface area contributed by atoms with E-state index in [1.165, 1.54) is 0 Å². The molecule has 0 rings (SSSR count). The van der Waals surface area contributed by atoms with Gasteiger partial charge in [-0.3, -0.25) is 0 Å². The van der Waals surface area contributed by atoms with E-state index in [1.54, 1.807) is 0 Å². The third-order valence-electron chi connectivity index (χ3n) is 1.57. The lowest BCUT2D eigenvalue weighted by molar-refractivity contribution is -0.109. The molecule has 0 aromatic rings. The highest BCUT2D eigenvalue weighted by atomic mass is 31.0. The van der Waals surface area contributed by atoms with E-state index in [2.05, 4.69) is 9.24 Å². The Morgan fingerprint density at radius 2 is 1.33 bits per heavy atom. The number of hydrogen-bond donors (Lipinski definition) is 5. The summed E-state index contributed by atoms with van der Waals surface area (Å²) in [6.45, 7) is -0.651. The Hall–Kier alpha value is 0.230. The van der Waals surface area contributed by atoms with E-state index < -0.39 is 31.0 Å². The zero-order valence-electron chi connectivity index (χ0n) is 6.54. The second-order valence-corrected chi connectivity index (χ2v) is 3.01. The lowest BCUT2D eigenvalue weighted by atomic mass is 10.0. The van der Waals surface area contributed by atoms with Gasteiger partial charge in [0, 0.05) is 0 Å². The van der Waals surface area contributed by atoms with Crippen LogP contribution in [0.25, 0.3) is 0 Å². The van der Waals surface area contributed by atoms with Gasteiger partial charge in [-0.05, 0) is 6.16 Å². The summed E-state index contributed by atoms with van der Waals surface area (Å²) in [7, 11) is 2.19. The zero-order chi connectivity index (χ0) is 9.72. The molecule has 6 heteroatoms. The first-order valence-electron chi connectivity index (χ1n) is 3.57. The molecule has 0 saturated carbocycles. The van der Waals surface area contributed by atoms with Crippen LogP contribution in [0.1, 0.15) is 0 Å². The molecule has 0 aliphatic rings. The van der Waals surface area contributed by atoms with Gasteiger partial charge in [-0.15, -0.1) is 9.24 Å². The molecule has 0 aromatic heterocycles. The fourth-order valence-corrected chi connectivity index (χ4v) is 0.981. The van der Waals surface area contributed by atoms with Crippen molar-refractivity contribution in [2.75, 3.05) is 12.8 Å². The zero-order valence-corrected chi connectivity index (χ0v) is 7.69. The molecule has 0 radical (unpaired) electrons. The van der Waals surface area contributed by atoms with Crippen LogP contribution < -0.4 is 0 Å². The Morgan fingerprint density at radius 1 is 0.917 bits per heavy atom. The van der Waals surface area contributed by atoms with Crippen molar-refractivity contribution >= 4 is 9.24 Å². The molecule has 0 saturated heterocycles. The van der Waals surface area contributed by atoms with E-state index in [0.717, 1.165) is 0 Å². The second-order valence-electron chi connectivity index (χ2n) is 2.53. The van der Waals surface area contributed by atoms with Gasteiger partial charge in [0.15, 0.2) is 0 Å². The summed E-state index contributed by atoms with van der Waals surface area (Å²) >= 11 is 0. The predicted molar refractivity (Wildman–Crippen MR) is 45.7 cm³/mol. The Kier molecular flexibility index (Phi) is 5.92. The Labute approximate surface area is 72.9 Å². The molecule has 5 atom stereocenters. The van der Waals surface area contributed by atoms with Crippen molar-refractivity contribution < 1.29 is 25.5 Å². The highest BCUT2D eigenvalue weighted by Crippen LogP contribution is 2.06. The minimum Gasteiger partial charge on any atom is -0.394 e. The summed E-state index contributed by atoms with van der Waals surface area (Å²) in [5, 5.41) is 44.4. The largest absolute Gasteiger partial charge is 0.394 e. The lowest BCUT2D eigenvalue weighted by Crippen LogP contribution is -2.46. The summed E-state index contributed by atoms with van der Waals surface area (Å²) in [5.41, 5.74) is 0. The standard InChI is InChI=1S/C6H15O5P/c7-1-3(8)5(10)6(11)4(9)2-12/h3-11H,1-2,12H2. The fraction of sp³-hybridized carbons (Fsp3) is 1.00.